The van der Waals surface area contributed by atoms with E-state index in [4.69, 9.17) is 16.3 Å². The second-order valence-corrected chi connectivity index (χ2v) is 4.59. The van der Waals surface area contributed by atoms with Crippen molar-refractivity contribution >= 4 is 11.6 Å². The third-order valence-electron chi connectivity index (χ3n) is 2.68. The summed E-state index contributed by atoms with van der Waals surface area (Å²) in [6, 6.07) is 4.82. The smallest absolute Gasteiger partial charge is 0.141 e. The topological polar surface area (TPSA) is 21.3 Å². The molecule has 1 saturated heterocycles. The molecule has 4 heteroatoms. The zero-order chi connectivity index (χ0) is 11.5. The van der Waals surface area contributed by atoms with Crippen LogP contribution in [0.5, 0.6) is 0 Å². The van der Waals surface area contributed by atoms with Crippen LogP contribution < -0.4 is 5.32 Å². The predicted octanol–water partition coefficient (Wildman–Crippen LogP) is 2.40. The summed E-state index contributed by atoms with van der Waals surface area (Å²) in [6.07, 6.45) is 1.14. The molecule has 0 radical (unpaired) electrons. The molecule has 1 heterocycles. The minimum Gasteiger partial charge on any atom is -0.372 e. The Morgan fingerprint density at radius 1 is 1.50 bits per heavy atom. The molecule has 1 aromatic rings. The number of nitrogens with one attached hydrogen (secondary N) is 1. The molecule has 0 spiro atoms. The van der Waals surface area contributed by atoms with Gasteiger partial charge in [0, 0.05) is 13.1 Å². The molecular weight excluding hydrogens is 229 g/mol. The monoisotopic (exact) mass is 243 g/mol. The highest BCUT2D eigenvalue weighted by molar-refractivity contribution is 6.30. The predicted molar refractivity (Wildman–Crippen MR) is 62.3 cm³/mol. The number of morpholine rings is 1. The summed E-state index contributed by atoms with van der Waals surface area (Å²) in [5, 5.41) is 3.47. The van der Waals surface area contributed by atoms with E-state index >= 15 is 0 Å². The van der Waals surface area contributed by atoms with Crippen LogP contribution >= 0.6 is 11.6 Å². The van der Waals surface area contributed by atoms with Gasteiger partial charge in [0.1, 0.15) is 5.82 Å². The molecule has 0 aliphatic carbocycles. The molecule has 2 rings (SSSR count). The molecule has 0 amide bonds. The summed E-state index contributed by atoms with van der Waals surface area (Å²) in [5.41, 5.74) is 1.01. The maximum atomic E-state index is 13.0. The lowest BCUT2D eigenvalue weighted by molar-refractivity contribution is -0.0262. The first-order valence-corrected chi connectivity index (χ1v) is 5.83. The summed E-state index contributed by atoms with van der Waals surface area (Å²) in [4.78, 5) is 0. The number of hydrogen-bond acceptors (Lipinski definition) is 2. The molecule has 1 fully saturated rings. The van der Waals surface area contributed by atoms with Gasteiger partial charge in [-0.15, -0.1) is 0 Å². The lowest BCUT2D eigenvalue weighted by Crippen LogP contribution is -2.44. The lowest BCUT2D eigenvalue weighted by atomic mass is 10.1. The summed E-state index contributed by atoms with van der Waals surface area (Å²) >= 11 is 5.73. The van der Waals surface area contributed by atoms with Crippen LogP contribution in [0.15, 0.2) is 18.2 Å². The van der Waals surface area contributed by atoms with Gasteiger partial charge in [0.2, 0.25) is 0 Å². The summed E-state index contributed by atoms with van der Waals surface area (Å²) in [6.45, 7) is 3.76. The number of hydrogen-bond donors (Lipinski definition) is 1. The van der Waals surface area contributed by atoms with Crippen molar-refractivity contribution in [1.82, 2.24) is 5.32 Å². The van der Waals surface area contributed by atoms with Crippen molar-refractivity contribution in [3.05, 3.63) is 34.6 Å². The Labute approximate surface area is 99.7 Å². The van der Waals surface area contributed by atoms with Gasteiger partial charge in [-0.3, -0.25) is 0 Å². The fourth-order valence-corrected chi connectivity index (χ4v) is 2.13. The molecule has 1 N–H and O–H groups in total. The van der Waals surface area contributed by atoms with E-state index in [-0.39, 0.29) is 23.0 Å². The van der Waals surface area contributed by atoms with E-state index in [1.165, 1.54) is 6.07 Å². The van der Waals surface area contributed by atoms with Crippen LogP contribution in [0.1, 0.15) is 12.5 Å². The molecule has 0 saturated carbocycles. The van der Waals surface area contributed by atoms with Gasteiger partial charge in [-0.2, -0.15) is 0 Å². The molecule has 16 heavy (non-hydrogen) atoms. The number of rotatable bonds is 2. The van der Waals surface area contributed by atoms with E-state index in [1.807, 2.05) is 6.92 Å². The number of halogens is 2. The maximum absolute atomic E-state index is 13.0. The van der Waals surface area contributed by atoms with Gasteiger partial charge in [-0.25, -0.2) is 4.39 Å². The Bertz CT molecular complexity index is 372. The van der Waals surface area contributed by atoms with Gasteiger partial charge in [0.25, 0.3) is 0 Å². The van der Waals surface area contributed by atoms with Gasteiger partial charge in [-0.1, -0.05) is 17.7 Å². The van der Waals surface area contributed by atoms with E-state index < -0.39 is 0 Å². The van der Waals surface area contributed by atoms with E-state index in [0.29, 0.717) is 0 Å². The van der Waals surface area contributed by atoms with Crippen LogP contribution in [-0.4, -0.2) is 25.3 Å². The van der Waals surface area contributed by atoms with Crippen LogP contribution in [0.25, 0.3) is 0 Å². The molecule has 88 valence electrons. The van der Waals surface area contributed by atoms with Gasteiger partial charge < -0.3 is 10.1 Å². The minimum atomic E-state index is -0.374. The first-order chi connectivity index (χ1) is 7.65. The Balaban J connectivity index is 2.00. The molecule has 2 unspecified atom stereocenters. The highest BCUT2D eigenvalue weighted by Gasteiger charge is 2.19. The standard InChI is InChI=1S/C12H15ClFNO/c1-8-6-15-7-10(16-8)4-9-2-3-12(14)11(13)5-9/h2-3,5,8,10,15H,4,6-7H2,1H3. The average Bonchev–Trinajstić information content (AvgIpc) is 2.24. The summed E-state index contributed by atoms with van der Waals surface area (Å²) in [7, 11) is 0. The van der Waals surface area contributed by atoms with Gasteiger partial charge in [0.15, 0.2) is 0 Å². The SMILES string of the molecule is CC1CNCC(Cc2ccc(F)c(Cl)c2)O1. The Hall–Kier alpha value is -0.640. The molecule has 2 nitrogen and oxygen atoms in total. The Kier molecular flexibility index (Phi) is 3.79. The quantitative estimate of drug-likeness (QED) is 0.861. The van der Waals surface area contributed by atoms with Crippen LogP contribution in [0.4, 0.5) is 4.39 Å². The summed E-state index contributed by atoms with van der Waals surface area (Å²) < 4.78 is 18.7. The van der Waals surface area contributed by atoms with E-state index in [2.05, 4.69) is 5.32 Å². The molecule has 1 aromatic carbocycles. The molecule has 1 aliphatic heterocycles. The normalized spacial score (nSPS) is 25.7. The third kappa shape index (κ3) is 2.94. The highest BCUT2D eigenvalue weighted by atomic mass is 35.5. The average molecular weight is 244 g/mol. The van der Waals surface area contributed by atoms with Crippen molar-refractivity contribution in [3.63, 3.8) is 0 Å². The van der Waals surface area contributed by atoms with E-state index in [9.17, 15) is 4.39 Å². The fourth-order valence-electron chi connectivity index (χ4n) is 1.92. The van der Waals surface area contributed by atoms with Crippen LogP contribution in [0.3, 0.4) is 0 Å². The van der Waals surface area contributed by atoms with Gasteiger partial charge >= 0.3 is 0 Å². The molecular formula is C12H15ClFNO. The lowest BCUT2D eigenvalue weighted by Gasteiger charge is -2.28. The van der Waals surface area contributed by atoms with Crippen molar-refractivity contribution in [1.29, 1.82) is 0 Å². The highest BCUT2D eigenvalue weighted by Crippen LogP contribution is 2.18. The van der Waals surface area contributed by atoms with Crippen molar-refractivity contribution in [2.45, 2.75) is 25.6 Å². The van der Waals surface area contributed by atoms with Crippen molar-refractivity contribution in [2.24, 2.45) is 0 Å². The van der Waals surface area contributed by atoms with E-state index in [0.717, 1.165) is 25.1 Å². The molecule has 1 aliphatic rings. The molecule has 0 bridgehead atoms. The Morgan fingerprint density at radius 2 is 2.31 bits per heavy atom. The van der Waals surface area contributed by atoms with Crippen molar-refractivity contribution in [2.75, 3.05) is 13.1 Å². The molecule has 2 atom stereocenters. The first-order valence-electron chi connectivity index (χ1n) is 5.45. The zero-order valence-corrected chi connectivity index (χ0v) is 9.93. The summed E-state index contributed by atoms with van der Waals surface area (Å²) in [5.74, 6) is -0.374. The second kappa shape index (κ2) is 5.13. The molecule has 0 aromatic heterocycles. The van der Waals surface area contributed by atoms with Crippen LogP contribution in [0, 0.1) is 5.82 Å². The van der Waals surface area contributed by atoms with Crippen molar-refractivity contribution < 1.29 is 9.13 Å². The fraction of sp³-hybridized carbons (Fsp3) is 0.500. The number of benzene rings is 1. The maximum Gasteiger partial charge on any atom is 0.141 e. The largest absolute Gasteiger partial charge is 0.372 e. The van der Waals surface area contributed by atoms with Gasteiger partial charge in [-0.05, 0) is 31.0 Å². The van der Waals surface area contributed by atoms with Crippen molar-refractivity contribution in [3.8, 4) is 0 Å². The zero-order valence-electron chi connectivity index (χ0n) is 9.17. The second-order valence-electron chi connectivity index (χ2n) is 4.18. The van der Waals surface area contributed by atoms with Gasteiger partial charge in [0.05, 0.1) is 17.2 Å². The Morgan fingerprint density at radius 3 is 3.00 bits per heavy atom. The number of ether oxygens (including phenoxy) is 1. The minimum absolute atomic E-state index is 0.144. The first kappa shape index (κ1) is 11.8. The van der Waals surface area contributed by atoms with E-state index in [1.54, 1.807) is 12.1 Å². The third-order valence-corrected chi connectivity index (χ3v) is 2.97. The van der Waals surface area contributed by atoms with Crippen LogP contribution in [-0.2, 0) is 11.2 Å². The van der Waals surface area contributed by atoms with Crippen LogP contribution in [0.2, 0.25) is 5.02 Å².